The van der Waals surface area contributed by atoms with Gasteiger partial charge in [0.05, 0.1) is 6.54 Å². The van der Waals surface area contributed by atoms with Crippen LogP contribution in [0, 0.1) is 18.7 Å². The number of hydrogen-bond acceptors (Lipinski definition) is 3. The minimum Gasteiger partial charge on any atom is -0.464 e. The van der Waals surface area contributed by atoms with E-state index in [9.17, 15) is 14.0 Å². The van der Waals surface area contributed by atoms with Crippen molar-refractivity contribution in [2.45, 2.75) is 33.9 Å². The number of carbonyl (C=O) groups is 2. The van der Waals surface area contributed by atoms with E-state index in [0.29, 0.717) is 17.9 Å². The molecule has 0 saturated carbocycles. The van der Waals surface area contributed by atoms with Crippen LogP contribution in [0.25, 0.3) is 0 Å². The van der Waals surface area contributed by atoms with Crippen LogP contribution in [-0.2, 0) is 17.9 Å². The molecule has 1 heterocycles. The van der Waals surface area contributed by atoms with Gasteiger partial charge in [-0.05, 0) is 66.9 Å². The Balaban J connectivity index is 1.82. The second kappa shape index (κ2) is 11.3. The quantitative estimate of drug-likeness (QED) is 0.361. The predicted molar refractivity (Wildman–Crippen MR) is 129 cm³/mol. The average molecular weight is 515 g/mol. The van der Waals surface area contributed by atoms with Gasteiger partial charge in [0.15, 0.2) is 0 Å². The summed E-state index contributed by atoms with van der Waals surface area (Å²) >= 11 is 3.38. The zero-order valence-corrected chi connectivity index (χ0v) is 20.6. The van der Waals surface area contributed by atoms with Crippen LogP contribution in [0.4, 0.5) is 4.39 Å². The average Bonchev–Trinajstić information content (AvgIpc) is 3.18. The highest BCUT2D eigenvalue weighted by atomic mass is 79.9. The van der Waals surface area contributed by atoms with Crippen LogP contribution in [0.2, 0.25) is 0 Å². The highest BCUT2D eigenvalue weighted by molar-refractivity contribution is 9.10. The van der Waals surface area contributed by atoms with Gasteiger partial charge >= 0.3 is 0 Å². The van der Waals surface area contributed by atoms with E-state index >= 15 is 0 Å². The minimum atomic E-state index is -0.332. The molecule has 5 nitrogen and oxygen atoms in total. The molecule has 33 heavy (non-hydrogen) atoms. The lowest BCUT2D eigenvalue weighted by Gasteiger charge is -2.28. The predicted octanol–water partition coefficient (Wildman–Crippen LogP) is 5.82. The number of hydrogen-bond donors (Lipinski definition) is 0. The monoisotopic (exact) mass is 514 g/mol. The van der Waals surface area contributed by atoms with Crippen LogP contribution in [0.15, 0.2) is 69.6 Å². The van der Waals surface area contributed by atoms with E-state index in [-0.39, 0.29) is 43.2 Å². The van der Waals surface area contributed by atoms with E-state index in [1.807, 2.05) is 45.0 Å². The summed E-state index contributed by atoms with van der Waals surface area (Å²) in [6.07, 6.45) is 0. The Morgan fingerprint density at radius 2 is 1.61 bits per heavy atom. The second-order valence-electron chi connectivity index (χ2n) is 8.48. The third-order valence-electron chi connectivity index (χ3n) is 5.07. The van der Waals surface area contributed by atoms with Gasteiger partial charge in [-0.25, -0.2) is 4.39 Å². The first kappa shape index (κ1) is 24.7. The molecule has 0 spiro atoms. The Bertz CT molecular complexity index is 1080. The van der Waals surface area contributed by atoms with Gasteiger partial charge in [0.25, 0.3) is 5.91 Å². The molecule has 0 bridgehead atoms. The fraction of sp³-hybridized carbons (Fsp3) is 0.308. The number of amides is 2. The molecule has 0 atom stereocenters. The Labute approximate surface area is 202 Å². The summed E-state index contributed by atoms with van der Waals surface area (Å²) in [6, 6.07) is 16.8. The lowest BCUT2D eigenvalue weighted by molar-refractivity contribution is -0.133. The zero-order valence-electron chi connectivity index (χ0n) is 19.1. The molecule has 0 saturated heterocycles. The number of rotatable bonds is 9. The van der Waals surface area contributed by atoms with Crippen molar-refractivity contribution >= 4 is 27.7 Å². The van der Waals surface area contributed by atoms with Crippen molar-refractivity contribution in [3.8, 4) is 0 Å². The SMILES string of the molecule is Cc1ccc(CN(Cc2ccc(F)cc2)C(=O)CN(CC(C)C)C(=O)c2ccc(Br)cc2)o1. The Hall–Kier alpha value is -2.93. The lowest BCUT2D eigenvalue weighted by atomic mass is 10.1. The molecular weight excluding hydrogens is 487 g/mol. The van der Waals surface area contributed by atoms with Gasteiger partial charge in [-0.2, -0.15) is 0 Å². The number of benzene rings is 2. The molecule has 0 aliphatic rings. The molecule has 174 valence electrons. The van der Waals surface area contributed by atoms with E-state index < -0.39 is 0 Å². The largest absolute Gasteiger partial charge is 0.464 e. The van der Waals surface area contributed by atoms with Crippen LogP contribution in [0.5, 0.6) is 0 Å². The summed E-state index contributed by atoms with van der Waals surface area (Å²) < 4.78 is 19.9. The Morgan fingerprint density at radius 1 is 0.939 bits per heavy atom. The van der Waals surface area contributed by atoms with Crippen molar-refractivity contribution in [1.82, 2.24) is 9.80 Å². The molecule has 7 heteroatoms. The highest BCUT2D eigenvalue weighted by Crippen LogP contribution is 2.17. The van der Waals surface area contributed by atoms with Gasteiger partial charge in [0.2, 0.25) is 5.91 Å². The van der Waals surface area contributed by atoms with Gasteiger partial charge < -0.3 is 14.2 Å². The third-order valence-corrected chi connectivity index (χ3v) is 5.60. The second-order valence-corrected chi connectivity index (χ2v) is 9.39. The van der Waals surface area contributed by atoms with Crippen molar-refractivity contribution < 1.29 is 18.4 Å². The Morgan fingerprint density at radius 3 is 2.18 bits per heavy atom. The number of nitrogens with zero attached hydrogens (tertiary/aromatic N) is 2. The summed E-state index contributed by atoms with van der Waals surface area (Å²) in [5, 5.41) is 0. The molecule has 0 unspecified atom stereocenters. The first-order valence-electron chi connectivity index (χ1n) is 10.8. The molecule has 0 aliphatic heterocycles. The third kappa shape index (κ3) is 7.29. The molecule has 0 N–H and O–H groups in total. The molecule has 0 radical (unpaired) electrons. The van der Waals surface area contributed by atoms with Crippen LogP contribution in [-0.4, -0.2) is 34.7 Å². The molecular formula is C26H28BrFN2O3. The molecule has 2 amide bonds. The van der Waals surface area contributed by atoms with Gasteiger partial charge in [-0.15, -0.1) is 0 Å². The molecule has 3 rings (SSSR count). The maximum Gasteiger partial charge on any atom is 0.254 e. The van der Waals surface area contributed by atoms with Crippen LogP contribution >= 0.6 is 15.9 Å². The van der Waals surface area contributed by atoms with Crippen molar-refractivity contribution in [2.24, 2.45) is 5.92 Å². The zero-order chi connectivity index (χ0) is 24.0. The van der Waals surface area contributed by atoms with Gasteiger partial charge in [-0.3, -0.25) is 9.59 Å². The summed E-state index contributed by atoms with van der Waals surface area (Å²) in [7, 11) is 0. The summed E-state index contributed by atoms with van der Waals surface area (Å²) in [6.45, 7) is 6.78. The lowest BCUT2D eigenvalue weighted by Crippen LogP contribution is -2.43. The fourth-order valence-electron chi connectivity index (χ4n) is 3.50. The molecule has 0 aliphatic carbocycles. The van der Waals surface area contributed by atoms with Crippen LogP contribution in [0.3, 0.4) is 0 Å². The van der Waals surface area contributed by atoms with E-state index in [1.54, 1.807) is 34.1 Å². The first-order chi connectivity index (χ1) is 15.7. The van der Waals surface area contributed by atoms with Crippen molar-refractivity contribution in [3.63, 3.8) is 0 Å². The Kier molecular flexibility index (Phi) is 8.44. The minimum absolute atomic E-state index is 0.0615. The maximum atomic E-state index is 13.4. The summed E-state index contributed by atoms with van der Waals surface area (Å²) in [4.78, 5) is 29.8. The van der Waals surface area contributed by atoms with E-state index in [0.717, 1.165) is 15.8 Å². The van der Waals surface area contributed by atoms with Crippen LogP contribution < -0.4 is 0 Å². The van der Waals surface area contributed by atoms with Gasteiger partial charge in [-0.1, -0.05) is 41.9 Å². The highest BCUT2D eigenvalue weighted by Gasteiger charge is 2.24. The molecule has 2 aromatic carbocycles. The molecule has 3 aromatic rings. The smallest absolute Gasteiger partial charge is 0.254 e. The standard InChI is InChI=1S/C26H28BrFN2O3/c1-18(2)14-30(26(32)21-7-9-22(27)10-8-21)17-25(31)29(16-24-13-4-19(3)33-24)15-20-5-11-23(28)12-6-20/h4-13,18H,14-17H2,1-3H3. The number of furan rings is 1. The van der Waals surface area contributed by atoms with E-state index in [4.69, 9.17) is 4.42 Å². The van der Waals surface area contributed by atoms with Crippen LogP contribution in [0.1, 0.15) is 41.3 Å². The number of halogens is 2. The normalized spacial score (nSPS) is 11.0. The maximum absolute atomic E-state index is 13.4. The number of carbonyl (C=O) groups excluding carboxylic acids is 2. The van der Waals surface area contributed by atoms with Crippen molar-refractivity contribution in [2.75, 3.05) is 13.1 Å². The topological polar surface area (TPSA) is 53.8 Å². The van der Waals surface area contributed by atoms with E-state index in [2.05, 4.69) is 15.9 Å². The van der Waals surface area contributed by atoms with Crippen molar-refractivity contribution in [3.05, 3.63) is 93.6 Å². The number of aryl methyl sites for hydroxylation is 1. The van der Waals surface area contributed by atoms with Crippen molar-refractivity contribution in [1.29, 1.82) is 0 Å². The van der Waals surface area contributed by atoms with E-state index in [1.165, 1.54) is 12.1 Å². The van der Waals surface area contributed by atoms with Gasteiger partial charge in [0.1, 0.15) is 23.9 Å². The van der Waals surface area contributed by atoms with Gasteiger partial charge in [0, 0.05) is 23.1 Å². The summed E-state index contributed by atoms with van der Waals surface area (Å²) in [5.41, 5.74) is 1.32. The first-order valence-corrected chi connectivity index (χ1v) is 11.6. The fourth-order valence-corrected chi connectivity index (χ4v) is 3.76. The molecule has 1 aromatic heterocycles. The molecule has 0 fully saturated rings. The summed E-state index contributed by atoms with van der Waals surface area (Å²) in [5.74, 6) is 0.861.